The van der Waals surface area contributed by atoms with Crippen LogP contribution in [-0.4, -0.2) is 48.4 Å². The highest BCUT2D eigenvalue weighted by molar-refractivity contribution is 5.80. The van der Waals surface area contributed by atoms with Crippen LogP contribution in [-0.2, 0) is 22.5 Å². The molecular formula is C24H29N3O4. The number of benzene rings is 2. The van der Waals surface area contributed by atoms with E-state index in [1.54, 1.807) is 7.11 Å². The summed E-state index contributed by atoms with van der Waals surface area (Å²) in [5, 5.41) is 2.99. The molecule has 1 aliphatic heterocycles. The maximum atomic E-state index is 12.1. The molecule has 0 radical (unpaired) electrons. The minimum atomic E-state index is -0.281. The van der Waals surface area contributed by atoms with Crippen LogP contribution in [0.25, 0.3) is 11.0 Å². The molecule has 4 rings (SSSR count). The quantitative estimate of drug-likeness (QED) is 0.506. The summed E-state index contributed by atoms with van der Waals surface area (Å²) in [5.74, 6) is 2.44. The number of para-hydroxylation sites is 4. The lowest BCUT2D eigenvalue weighted by atomic mass is 10.2. The molecule has 0 spiro atoms. The van der Waals surface area contributed by atoms with Crippen LogP contribution < -0.4 is 14.8 Å². The second-order valence-corrected chi connectivity index (χ2v) is 7.56. The van der Waals surface area contributed by atoms with Gasteiger partial charge in [0.25, 0.3) is 0 Å². The number of rotatable bonds is 10. The number of imidazole rings is 1. The van der Waals surface area contributed by atoms with Gasteiger partial charge in [-0.2, -0.15) is 0 Å². The average molecular weight is 424 g/mol. The molecule has 3 aromatic rings. The van der Waals surface area contributed by atoms with Crippen molar-refractivity contribution < 1.29 is 19.0 Å². The lowest BCUT2D eigenvalue weighted by molar-refractivity contribution is -0.130. The zero-order chi connectivity index (χ0) is 21.5. The van der Waals surface area contributed by atoms with Crippen molar-refractivity contribution in [2.75, 3.05) is 26.9 Å². The van der Waals surface area contributed by atoms with Crippen LogP contribution in [0.3, 0.4) is 0 Å². The summed E-state index contributed by atoms with van der Waals surface area (Å²) in [5.41, 5.74) is 2.06. The van der Waals surface area contributed by atoms with Gasteiger partial charge in [-0.1, -0.05) is 24.3 Å². The summed E-state index contributed by atoms with van der Waals surface area (Å²) in [6.45, 7) is 2.47. The van der Waals surface area contributed by atoms with Gasteiger partial charge < -0.3 is 24.1 Å². The first kappa shape index (κ1) is 21.2. The van der Waals surface area contributed by atoms with Crippen molar-refractivity contribution in [3.63, 3.8) is 0 Å². The van der Waals surface area contributed by atoms with Crippen LogP contribution in [0.15, 0.2) is 48.5 Å². The molecule has 7 heteroatoms. The molecule has 2 heterocycles. The normalized spacial score (nSPS) is 15.8. The number of hydrogen-bond acceptors (Lipinski definition) is 5. The molecule has 1 fully saturated rings. The van der Waals surface area contributed by atoms with Gasteiger partial charge in [0, 0.05) is 19.6 Å². The Morgan fingerprint density at radius 1 is 1.19 bits per heavy atom. The second-order valence-electron chi connectivity index (χ2n) is 7.56. The fourth-order valence-corrected chi connectivity index (χ4v) is 3.91. The highest BCUT2D eigenvalue weighted by Gasteiger charge is 2.22. The Bertz CT molecular complexity index is 1010. The van der Waals surface area contributed by atoms with Gasteiger partial charge in [0.2, 0.25) is 5.91 Å². The maximum absolute atomic E-state index is 12.1. The molecule has 1 amide bonds. The number of nitrogens with one attached hydrogen (secondary N) is 1. The molecular weight excluding hydrogens is 394 g/mol. The topological polar surface area (TPSA) is 74.6 Å². The monoisotopic (exact) mass is 423 g/mol. The Morgan fingerprint density at radius 3 is 2.81 bits per heavy atom. The number of nitrogens with zero attached hydrogens (tertiary/aromatic N) is 2. The minimum Gasteiger partial charge on any atom is -0.493 e. The molecule has 1 N–H and O–H groups in total. The zero-order valence-corrected chi connectivity index (χ0v) is 17.9. The van der Waals surface area contributed by atoms with Crippen LogP contribution in [0.2, 0.25) is 0 Å². The molecule has 7 nitrogen and oxygen atoms in total. The van der Waals surface area contributed by atoms with Gasteiger partial charge in [-0.25, -0.2) is 4.98 Å². The van der Waals surface area contributed by atoms with Crippen LogP contribution in [0, 0.1) is 0 Å². The Morgan fingerprint density at radius 2 is 2.00 bits per heavy atom. The van der Waals surface area contributed by atoms with Gasteiger partial charge in [0.15, 0.2) is 11.5 Å². The summed E-state index contributed by atoms with van der Waals surface area (Å²) in [4.78, 5) is 16.9. The van der Waals surface area contributed by atoms with E-state index in [9.17, 15) is 4.79 Å². The van der Waals surface area contributed by atoms with Crippen molar-refractivity contribution in [3.05, 3.63) is 54.4 Å². The van der Waals surface area contributed by atoms with Crippen LogP contribution in [0.1, 0.15) is 25.1 Å². The molecule has 1 atom stereocenters. The summed E-state index contributed by atoms with van der Waals surface area (Å²) in [6, 6.07) is 15.8. The van der Waals surface area contributed by atoms with E-state index >= 15 is 0 Å². The number of aryl methyl sites for hydroxylation is 1. The van der Waals surface area contributed by atoms with Crippen molar-refractivity contribution in [1.29, 1.82) is 0 Å². The Balaban J connectivity index is 1.36. The molecule has 1 aromatic heterocycles. The first-order valence-electron chi connectivity index (χ1n) is 10.9. The van der Waals surface area contributed by atoms with E-state index in [1.165, 1.54) is 0 Å². The van der Waals surface area contributed by atoms with Gasteiger partial charge in [0.1, 0.15) is 18.5 Å². The van der Waals surface area contributed by atoms with Gasteiger partial charge in [-0.3, -0.25) is 4.79 Å². The predicted molar refractivity (Wildman–Crippen MR) is 119 cm³/mol. The molecule has 2 aromatic carbocycles. The zero-order valence-electron chi connectivity index (χ0n) is 17.9. The third-order valence-corrected chi connectivity index (χ3v) is 5.47. The second kappa shape index (κ2) is 10.3. The van der Waals surface area contributed by atoms with Crippen molar-refractivity contribution in [1.82, 2.24) is 14.9 Å². The number of carbonyl (C=O) groups excluding carboxylic acids is 1. The molecule has 1 unspecified atom stereocenters. The number of hydrogen-bond donors (Lipinski definition) is 1. The summed E-state index contributed by atoms with van der Waals surface area (Å²) in [7, 11) is 1.64. The first-order valence-corrected chi connectivity index (χ1v) is 10.9. The Kier molecular flexibility index (Phi) is 7.04. The molecule has 0 saturated carbocycles. The third-order valence-electron chi connectivity index (χ3n) is 5.47. The minimum absolute atomic E-state index is 0.00351. The Hall–Kier alpha value is -3.06. The highest BCUT2D eigenvalue weighted by atomic mass is 16.5. The largest absolute Gasteiger partial charge is 0.493 e. The van der Waals surface area contributed by atoms with Crippen LogP contribution >= 0.6 is 0 Å². The predicted octanol–water partition coefficient (Wildman–Crippen LogP) is 3.35. The number of fused-ring (bicyclic) bond motifs is 1. The SMILES string of the molecule is COc1ccccc1OCCn1c(CCCNC(=O)C2CCCO2)nc2ccccc21. The summed E-state index contributed by atoms with van der Waals surface area (Å²) >= 11 is 0. The van der Waals surface area contributed by atoms with E-state index in [0.29, 0.717) is 26.3 Å². The standard InChI is InChI=1S/C24H29N3O4/c1-29-20-10-4-5-11-21(20)31-17-15-27-19-9-3-2-8-18(19)26-23(27)13-6-14-25-24(28)22-12-7-16-30-22/h2-5,8-11,22H,6-7,12-17H2,1H3,(H,25,28). The lowest BCUT2D eigenvalue weighted by Crippen LogP contribution is -2.34. The summed E-state index contributed by atoms with van der Waals surface area (Å²) in [6.07, 6.45) is 3.08. The van der Waals surface area contributed by atoms with E-state index in [1.807, 2.05) is 42.5 Å². The highest BCUT2D eigenvalue weighted by Crippen LogP contribution is 2.26. The summed E-state index contributed by atoms with van der Waals surface area (Å²) < 4.78 is 19.0. The lowest BCUT2D eigenvalue weighted by Gasteiger charge is -2.13. The van der Waals surface area contributed by atoms with Crippen LogP contribution in [0.5, 0.6) is 11.5 Å². The van der Waals surface area contributed by atoms with E-state index < -0.39 is 0 Å². The number of aromatic nitrogens is 2. The molecule has 31 heavy (non-hydrogen) atoms. The smallest absolute Gasteiger partial charge is 0.249 e. The fourth-order valence-electron chi connectivity index (χ4n) is 3.91. The number of methoxy groups -OCH3 is 1. The van der Waals surface area contributed by atoms with E-state index in [2.05, 4.69) is 16.0 Å². The van der Waals surface area contributed by atoms with E-state index in [4.69, 9.17) is 19.2 Å². The molecule has 0 bridgehead atoms. The number of carbonyl (C=O) groups is 1. The van der Waals surface area contributed by atoms with Gasteiger partial charge in [-0.15, -0.1) is 0 Å². The maximum Gasteiger partial charge on any atom is 0.249 e. The van der Waals surface area contributed by atoms with Gasteiger partial charge in [0.05, 0.1) is 24.7 Å². The number of ether oxygens (including phenoxy) is 3. The first-order chi connectivity index (χ1) is 15.3. The van der Waals surface area contributed by atoms with Crippen molar-refractivity contribution in [2.45, 2.75) is 38.3 Å². The molecule has 1 saturated heterocycles. The average Bonchev–Trinajstić information content (AvgIpc) is 3.46. The van der Waals surface area contributed by atoms with Gasteiger partial charge in [-0.05, 0) is 43.5 Å². The number of amides is 1. The van der Waals surface area contributed by atoms with Crippen molar-refractivity contribution in [2.24, 2.45) is 0 Å². The van der Waals surface area contributed by atoms with Gasteiger partial charge >= 0.3 is 0 Å². The molecule has 164 valence electrons. The van der Waals surface area contributed by atoms with Crippen LogP contribution in [0.4, 0.5) is 0 Å². The van der Waals surface area contributed by atoms with Crippen molar-refractivity contribution >= 4 is 16.9 Å². The van der Waals surface area contributed by atoms with E-state index in [0.717, 1.165) is 54.0 Å². The third kappa shape index (κ3) is 5.17. The molecule has 0 aliphatic carbocycles. The van der Waals surface area contributed by atoms with E-state index in [-0.39, 0.29) is 12.0 Å². The molecule has 1 aliphatic rings. The van der Waals surface area contributed by atoms with Crippen molar-refractivity contribution in [3.8, 4) is 11.5 Å². The fraction of sp³-hybridized carbons (Fsp3) is 0.417. The Labute approximate surface area is 182 Å².